The van der Waals surface area contributed by atoms with Crippen molar-refractivity contribution in [1.29, 1.82) is 0 Å². The van der Waals surface area contributed by atoms with Crippen LogP contribution in [0.15, 0.2) is 76.8 Å². The van der Waals surface area contributed by atoms with Crippen molar-refractivity contribution < 1.29 is 9.59 Å². The lowest BCUT2D eigenvalue weighted by Gasteiger charge is -2.19. The Kier molecular flexibility index (Phi) is 5.64. The van der Waals surface area contributed by atoms with Gasteiger partial charge in [0.15, 0.2) is 0 Å². The van der Waals surface area contributed by atoms with Crippen LogP contribution in [0.25, 0.3) is 6.08 Å². The highest BCUT2D eigenvalue weighted by molar-refractivity contribution is 8.04. The quantitative estimate of drug-likeness (QED) is 0.596. The number of halogens is 1. The van der Waals surface area contributed by atoms with E-state index in [1.165, 1.54) is 11.8 Å². The second-order valence-corrected chi connectivity index (χ2v) is 7.83. The molecule has 0 fully saturated rings. The normalized spacial score (nSPS) is 14.2. The number of amides is 2. The summed E-state index contributed by atoms with van der Waals surface area (Å²) in [5.41, 5.74) is 2.79. The molecule has 0 saturated heterocycles. The molecule has 0 radical (unpaired) electrons. The Labute approximate surface area is 177 Å². The first-order chi connectivity index (χ1) is 14.1. The molecule has 3 aromatic rings. The van der Waals surface area contributed by atoms with E-state index in [2.05, 4.69) is 15.6 Å². The number of hydrogen-bond donors (Lipinski definition) is 2. The first-order valence-electron chi connectivity index (χ1n) is 8.87. The molecule has 5 nitrogen and oxygen atoms in total. The topological polar surface area (TPSA) is 71.1 Å². The van der Waals surface area contributed by atoms with E-state index in [4.69, 9.17) is 11.6 Å². The molecule has 0 spiro atoms. The van der Waals surface area contributed by atoms with Crippen LogP contribution in [0.4, 0.5) is 5.69 Å². The van der Waals surface area contributed by atoms with Gasteiger partial charge in [-0.15, -0.1) is 0 Å². The molecule has 0 bridgehead atoms. The van der Waals surface area contributed by atoms with Crippen molar-refractivity contribution in [1.82, 2.24) is 10.3 Å². The molecular weight excluding hydrogens is 406 g/mol. The number of nitrogens with one attached hydrogen (secondary N) is 2. The van der Waals surface area contributed by atoms with Crippen molar-refractivity contribution >= 4 is 46.9 Å². The van der Waals surface area contributed by atoms with E-state index in [9.17, 15) is 9.59 Å². The summed E-state index contributed by atoms with van der Waals surface area (Å²) in [7, 11) is 0. The van der Waals surface area contributed by atoms with Crippen LogP contribution in [-0.2, 0) is 11.3 Å². The summed E-state index contributed by atoms with van der Waals surface area (Å²) in [6.45, 7) is 0.385. The van der Waals surface area contributed by atoms with Gasteiger partial charge < -0.3 is 10.6 Å². The van der Waals surface area contributed by atoms with E-state index < -0.39 is 0 Å². The largest absolute Gasteiger partial charge is 0.348 e. The van der Waals surface area contributed by atoms with E-state index in [-0.39, 0.29) is 11.8 Å². The molecule has 2 N–H and O–H groups in total. The smallest absolute Gasteiger partial charge is 0.262 e. The van der Waals surface area contributed by atoms with Gasteiger partial charge in [0.25, 0.3) is 11.8 Å². The minimum atomic E-state index is -0.227. The molecule has 0 aliphatic carbocycles. The third kappa shape index (κ3) is 4.50. The number of anilines is 1. The SMILES string of the molecule is O=C1Nc2cc(C(=O)NCc3cccnc3)ccc2SC1=Cc1ccccc1Cl. The van der Waals surface area contributed by atoms with Crippen molar-refractivity contribution in [3.63, 3.8) is 0 Å². The summed E-state index contributed by atoms with van der Waals surface area (Å²) < 4.78 is 0. The molecule has 7 heteroatoms. The molecule has 4 rings (SSSR count). The number of benzene rings is 2. The number of aromatic nitrogens is 1. The van der Waals surface area contributed by atoms with Gasteiger partial charge in [-0.1, -0.05) is 47.6 Å². The summed E-state index contributed by atoms with van der Waals surface area (Å²) in [4.78, 5) is 30.4. The molecule has 2 amide bonds. The molecule has 1 aromatic heterocycles. The van der Waals surface area contributed by atoms with Gasteiger partial charge in [0.2, 0.25) is 0 Å². The Balaban J connectivity index is 1.50. The lowest BCUT2D eigenvalue weighted by atomic mass is 10.1. The van der Waals surface area contributed by atoms with E-state index in [0.29, 0.717) is 27.7 Å². The summed E-state index contributed by atoms with van der Waals surface area (Å²) in [6.07, 6.45) is 5.15. The highest BCUT2D eigenvalue weighted by Crippen LogP contribution is 2.39. The maximum Gasteiger partial charge on any atom is 0.262 e. The van der Waals surface area contributed by atoms with Crippen molar-refractivity contribution in [2.45, 2.75) is 11.4 Å². The van der Waals surface area contributed by atoms with Crippen molar-refractivity contribution in [3.05, 3.63) is 93.6 Å². The van der Waals surface area contributed by atoms with Crippen LogP contribution in [0.5, 0.6) is 0 Å². The molecule has 29 heavy (non-hydrogen) atoms. The number of carbonyl (C=O) groups is 2. The van der Waals surface area contributed by atoms with Gasteiger partial charge in [0.1, 0.15) is 0 Å². The zero-order valence-electron chi connectivity index (χ0n) is 15.2. The van der Waals surface area contributed by atoms with Crippen LogP contribution in [0, 0.1) is 0 Å². The Bertz CT molecular complexity index is 1120. The molecule has 144 valence electrons. The molecule has 0 unspecified atom stereocenters. The van der Waals surface area contributed by atoms with E-state index in [1.807, 2.05) is 36.4 Å². The number of carbonyl (C=O) groups excluding carboxylic acids is 2. The minimum Gasteiger partial charge on any atom is -0.348 e. The first kappa shape index (κ1) is 19.2. The number of rotatable bonds is 4. The number of hydrogen-bond acceptors (Lipinski definition) is 4. The molecule has 1 aliphatic rings. The van der Waals surface area contributed by atoms with Gasteiger partial charge >= 0.3 is 0 Å². The summed E-state index contributed by atoms with van der Waals surface area (Å²) >= 11 is 7.54. The van der Waals surface area contributed by atoms with Gasteiger partial charge in [0.05, 0.1) is 10.6 Å². The molecule has 2 aromatic carbocycles. The minimum absolute atomic E-state index is 0.215. The number of pyridine rings is 1. The Morgan fingerprint density at radius 1 is 1.17 bits per heavy atom. The van der Waals surface area contributed by atoms with Crippen molar-refractivity contribution in [2.24, 2.45) is 0 Å². The molecule has 0 atom stereocenters. The average Bonchev–Trinajstić information content (AvgIpc) is 2.74. The Morgan fingerprint density at radius 3 is 2.83 bits per heavy atom. The third-order valence-electron chi connectivity index (χ3n) is 4.30. The molecule has 1 aliphatic heterocycles. The summed E-state index contributed by atoms with van der Waals surface area (Å²) in [6, 6.07) is 16.3. The van der Waals surface area contributed by atoms with Crippen LogP contribution in [0.2, 0.25) is 5.02 Å². The van der Waals surface area contributed by atoms with Gasteiger partial charge in [0, 0.05) is 34.4 Å². The number of thioether (sulfide) groups is 1. The van der Waals surface area contributed by atoms with Crippen LogP contribution >= 0.6 is 23.4 Å². The monoisotopic (exact) mass is 421 g/mol. The zero-order valence-corrected chi connectivity index (χ0v) is 16.8. The fraction of sp³-hybridized carbons (Fsp3) is 0.0455. The fourth-order valence-corrected chi connectivity index (χ4v) is 3.93. The summed E-state index contributed by atoms with van der Waals surface area (Å²) in [5, 5.41) is 6.30. The highest BCUT2D eigenvalue weighted by Gasteiger charge is 2.22. The lowest BCUT2D eigenvalue weighted by molar-refractivity contribution is -0.112. The van der Waals surface area contributed by atoms with E-state index >= 15 is 0 Å². The number of fused-ring (bicyclic) bond motifs is 1. The van der Waals surface area contributed by atoms with Crippen LogP contribution in [-0.4, -0.2) is 16.8 Å². The summed E-state index contributed by atoms with van der Waals surface area (Å²) in [5.74, 6) is -0.441. The predicted molar refractivity (Wildman–Crippen MR) is 116 cm³/mol. The van der Waals surface area contributed by atoms with E-state index in [1.54, 1.807) is 36.7 Å². The van der Waals surface area contributed by atoms with Crippen molar-refractivity contribution in [3.8, 4) is 0 Å². The van der Waals surface area contributed by atoms with Gasteiger partial charge in [-0.3, -0.25) is 14.6 Å². The lowest BCUT2D eigenvalue weighted by Crippen LogP contribution is -2.24. The molecular formula is C22H16ClN3O2S. The maximum atomic E-state index is 12.5. The van der Waals surface area contributed by atoms with Crippen LogP contribution < -0.4 is 10.6 Å². The second-order valence-electron chi connectivity index (χ2n) is 6.34. The average molecular weight is 422 g/mol. The highest BCUT2D eigenvalue weighted by atomic mass is 35.5. The fourth-order valence-electron chi connectivity index (χ4n) is 2.82. The van der Waals surface area contributed by atoms with Gasteiger partial charge in [-0.05, 0) is 47.5 Å². The standard InChI is InChI=1S/C22H16ClN3O2S/c23-17-6-2-1-5-15(17)11-20-22(28)26-18-10-16(7-8-19(18)29-20)21(27)25-13-14-4-3-9-24-12-14/h1-12H,13H2,(H,25,27)(H,26,28). The first-order valence-corrected chi connectivity index (χ1v) is 10.1. The second kappa shape index (κ2) is 8.51. The Hall–Kier alpha value is -3.09. The van der Waals surface area contributed by atoms with Crippen LogP contribution in [0.3, 0.4) is 0 Å². The van der Waals surface area contributed by atoms with Gasteiger partial charge in [-0.2, -0.15) is 0 Å². The van der Waals surface area contributed by atoms with E-state index in [0.717, 1.165) is 16.0 Å². The van der Waals surface area contributed by atoms with Crippen molar-refractivity contribution in [2.75, 3.05) is 5.32 Å². The number of nitrogens with zero attached hydrogens (tertiary/aromatic N) is 1. The third-order valence-corrected chi connectivity index (χ3v) is 5.74. The zero-order chi connectivity index (χ0) is 20.2. The maximum absolute atomic E-state index is 12.5. The predicted octanol–water partition coefficient (Wildman–Crippen LogP) is 4.75. The van der Waals surface area contributed by atoms with Crippen LogP contribution in [0.1, 0.15) is 21.5 Å². The van der Waals surface area contributed by atoms with Gasteiger partial charge in [-0.25, -0.2) is 0 Å². The molecule has 0 saturated carbocycles. The Morgan fingerprint density at radius 2 is 2.03 bits per heavy atom. The molecule has 2 heterocycles.